The van der Waals surface area contributed by atoms with Crippen LogP contribution in [0.2, 0.25) is 0 Å². The summed E-state index contributed by atoms with van der Waals surface area (Å²) in [5, 5.41) is 0. The molecule has 0 radical (unpaired) electrons. The maximum absolute atomic E-state index is 6.13. The molecule has 23 heavy (non-hydrogen) atoms. The van der Waals surface area contributed by atoms with E-state index in [0.29, 0.717) is 0 Å². The van der Waals surface area contributed by atoms with E-state index in [-0.39, 0.29) is 5.60 Å². The summed E-state index contributed by atoms with van der Waals surface area (Å²) in [6.07, 6.45) is 3.03. The number of ether oxygens (including phenoxy) is 3. The van der Waals surface area contributed by atoms with Crippen molar-refractivity contribution >= 4 is 11.6 Å². The summed E-state index contributed by atoms with van der Waals surface area (Å²) >= 11 is 0. The third-order valence-corrected chi connectivity index (χ3v) is 4.01. The molecule has 0 saturated heterocycles. The van der Waals surface area contributed by atoms with Crippen LogP contribution in [0.4, 0.5) is 0 Å². The molecule has 120 valence electrons. The first-order valence-electron chi connectivity index (χ1n) is 7.73. The lowest BCUT2D eigenvalue weighted by Gasteiger charge is -2.34. The Kier molecular flexibility index (Phi) is 4.03. The molecule has 3 rings (SSSR count). The van der Waals surface area contributed by atoms with Crippen LogP contribution in [0.15, 0.2) is 42.5 Å². The summed E-state index contributed by atoms with van der Waals surface area (Å²) in [7, 11) is 3.37. The summed E-state index contributed by atoms with van der Waals surface area (Å²) in [6.45, 7) is 4.21. The Bertz CT molecular complexity index is 744. The zero-order valence-corrected chi connectivity index (χ0v) is 14.1. The quantitative estimate of drug-likeness (QED) is 0.814. The van der Waals surface area contributed by atoms with Gasteiger partial charge in [-0.1, -0.05) is 18.2 Å². The Morgan fingerprint density at radius 3 is 2.57 bits per heavy atom. The van der Waals surface area contributed by atoms with Gasteiger partial charge in [0, 0.05) is 23.6 Å². The number of hydrogen-bond donors (Lipinski definition) is 0. The highest BCUT2D eigenvalue weighted by atomic mass is 16.5. The van der Waals surface area contributed by atoms with E-state index in [2.05, 4.69) is 32.1 Å². The van der Waals surface area contributed by atoms with Gasteiger partial charge in [-0.2, -0.15) is 0 Å². The van der Waals surface area contributed by atoms with Crippen LogP contribution >= 0.6 is 0 Å². The molecule has 0 aliphatic carbocycles. The van der Waals surface area contributed by atoms with Gasteiger partial charge in [-0.25, -0.2) is 0 Å². The molecule has 0 atom stereocenters. The van der Waals surface area contributed by atoms with Crippen molar-refractivity contribution in [1.29, 1.82) is 0 Å². The van der Waals surface area contributed by atoms with E-state index in [1.54, 1.807) is 14.2 Å². The topological polar surface area (TPSA) is 27.7 Å². The molecule has 3 nitrogen and oxygen atoms in total. The Labute approximate surface area is 137 Å². The molecule has 0 saturated carbocycles. The lowest BCUT2D eigenvalue weighted by atomic mass is 9.88. The molecule has 2 aromatic rings. The van der Waals surface area contributed by atoms with Crippen LogP contribution in [-0.4, -0.2) is 19.8 Å². The third kappa shape index (κ3) is 3.19. The van der Waals surface area contributed by atoms with E-state index < -0.39 is 0 Å². The molecule has 0 aromatic heterocycles. The molecule has 3 heteroatoms. The monoisotopic (exact) mass is 310 g/mol. The van der Waals surface area contributed by atoms with Crippen LogP contribution in [0, 0.1) is 0 Å². The number of fused-ring (bicyclic) bond motifs is 1. The smallest absolute Gasteiger partial charge is 0.131 e. The molecule has 0 spiro atoms. The van der Waals surface area contributed by atoms with Gasteiger partial charge < -0.3 is 14.2 Å². The van der Waals surface area contributed by atoms with E-state index in [4.69, 9.17) is 14.2 Å². The second-order valence-corrected chi connectivity index (χ2v) is 6.31. The number of para-hydroxylation sites is 1. The fourth-order valence-corrected chi connectivity index (χ4v) is 2.97. The molecular formula is C20H22O3. The van der Waals surface area contributed by atoms with Gasteiger partial charge in [-0.15, -0.1) is 0 Å². The molecule has 1 heterocycles. The third-order valence-electron chi connectivity index (χ3n) is 4.01. The molecule has 2 aromatic carbocycles. The van der Waals surface area contributed by atoms with Gasteiger partial charge in [-0.05, 0) is 43.7 Å². The van der Waals surface area contributed by atoms with Crippen molar-refractivity contribution in [3.05, 3.63) is 53.6 Å². The van der Waals surface area contributed by atoms with Crippen LogP contribution in [-0.2, 0) is 0 Å². The van der Waals surface area contributed by atoms with Crippen LogP contribution in [0.3, 0.4) is 0 Å². The average molecular weight is 310 g/mol. The highest BCUT2D eigenvalue weighted by molar-refractivity contribution is 5.87. The van der Waals surface area contributed by atoms with Gasteiger partial charge in [-0.3, -0.25) is 0 Å². The number of hydrogen-bond acceptors (Lipinski definition) is 3. The minimum atomic E-state index is -0.257. The van der Waals surface area contributed by atoms with Crippen molar-refractivity contribution in [2.45, 2.75) is 25.9 Å². The highest BCUT2D eigenvalue weighted by Crippen LogP contribution is 2.43. The number of methoxy groups -OCH3 is 2. The molecule has 1 aliphatic rings. The van der Waals surface area contributed by atoms with Gasteiger partial charge in [0.2, 0.25) is 0 Å². The largest absolute Gasteiger partial charge is 0.497 e. The first-order chi connectivity index (χ1) is 11.0. The molecule has 0 amide bonds. The van der Waals surface area contributed by atoms with Crippen LogP contribution in [0.25, 0.3) is 11.6 Å². The van der Waals surface area contributed by atoms with Gasteiger partial charge in [0.05, 0.1) is 14.2 Å². The minimum absolute atomic E-state index is 0.257. The summed E-state index contributed by atoms with van der Waals surface area (Å²) in [6, 6.07) is 14.0. The second kappa shape index (κ2) is 5.99. The molecular weight excluding hydrogens is 288 g/mol. The minimum Gasteiger partial charge on any atom is -0.497 e. The van der Waals surface area contributed by atoms with Gasteiger partial charge in [0.1, 0.15) is 22.8 Å². The fraction of sp³-hybridized carbons (Fsp3) is 0.300. The molecule has 1 aliphatic heterocycles. The number of rotatable bonds is 3. The van der Waals surface area contributed by atoms with Crippen LogP contribution < -0.4 is 14.2 Å². The molecule has 0 bridgehead atoms. The Hall–Kier alpha value is -2.42. The van der Waals surface area contributed by atoms with Crippen molar-refractivity contribution in [3.63, 3.8) is 0 Å². The van der Waals surface area contributed by atoms with Crippen molar-refractivity contribution in [1.82, 2.24) is 0 Å². The summed E-state index contributed by atoms with van der Waals surface area (Å²) in [4.78, 5) is 0. The van der Waals surface area contributed by atoms with Crippen LogP contribution in [0.5, 0.6) is 17.2 Å². The predicted octanol–water partition coefficient (Wildman–Crippen LogP) is 4.81. The first kappa shape index (κ1) is 15.5. The summed E-state index contributed by atoms with van der Waals surface area (Å²) < 4.78 is 16.9. The predicted molar refractivity (Wildman–Crippen MR) is 93.2 cm³/mol. The van der Waals surface area contributed by atoms with Crippen molar-refractivity contribution in [2.75, 3.05) is 14.2 Å². The van der Waals surface area contributed by atoms with Crippen molar-refractivity contribution < 1.29 is 14.2 Å². The van der Waals surface area contributed by atoms with Gasteiger partial charge in [0.25, 0.3) is 0 Å². The van der Waals surface area contributed by atoms with Gasteiger partial charge >= 0.3 is 0 Å². The zero-order valence-electron chi connectivity index (χ0n) is 14.1. The second-order valence-electron chi connectivity index (χ2n) is 6.31. The normalized spacial score (nSPS) is 17.3. The zero-order chi connectivity index (χ0) is 16.4. The Morgan fingerprint density at radius 2 is 1.83 bits per heavy atom. The lowest BCUT2D eigenvalue weighted by molar-refractivity contribution is 0.107. The van der Waals surface area contributed by atoms with Gasteiger partial charge in [0.15, 0.2) is 0 Å². The van der Waals surface area contributed by atoms with E-state index >= 15 is 0 Å². The Balaban J connectivity index is 2.11. The maximum Gasteiger partial charge on any atom is 0.131 e. The maximum atomic E-state index is 6.13. The highest BCUT2D eigenvalue weighted by Gasteiger charge is 2.30. The molecule has 0 fully saturated rings. The number of benzene rings is 2. The standard InChI is InChI=1S/C20H22O3/c1-20(2)13-15(11-14-7-5-6-8-18(14)22-4)17-10-9-16(21-3)12-19(17)23-20/h5-12H,13H2,1-4H3/b15-11+. The summed E-state index contributed by atoms with van der Waals surface area (Å²) in [5.74, 6) is 2.54. The first-order valence-corrected chi connectivity index (χ1v) is 7.73. The molecule has 0 unspecified atom stereocenters. The SMILES string of the molecule is COc1ccc2c(c1)OC(C)(C)C/C2=C\c1ccccc1OC. The lowest BCUT2D eigenvalue weighted by Crippen LogP contribution is -2.32. The van der Waals surface area contributed by atoms with E-state index in [1.807, 2.05) is 30.3 Å². The fourth-order valence-electron chi connectivity index (χ4n) is 2.97. The van der Waals surface area contributed by atoms with E-state index in [1.165, 1.54) is 5.57 Å². The van der Waals surface area contributed by atoms with Crippen LogP contribution in [0.1, 0.15) is 31.4 Å². The van der Waals surface area contributed by atoms with Crippen molar-refractivity contribution in [3.8, 4) is 17.2 Å². The van der Waals surface area contributed by atoms with E-state index in [9.17, 15) is 0 Å². The molecule has 0 N–H and O–H groups in total. The van der Waals surface area contributed by atoms with E-state index in [0.717, 1.165) is 34.8 Å². The summed E-state index contributed by atoms with van der Waals surface area (Å²) in [5.41, 5.74) is 3.16. The van der Waals surface area contributed by atoms with Crippen molar-refractivity contribution in [2.24, 2.45) is 0 Å². The Morgan fingerprint density at radius 1 is 1.04 bits per heavy atom. The average Bonchev–Trinajstić information content (AvgIpc) is 2.53.